The lowest BCUT2D eigenvalue weighted by Gasteiger charge is -2.30. The summed E-state index contributed by atoms with van der Waals surface area (Å²) in [4.78, 5) is 2.20. The van der Waals surface area contributed by atoms with Gasteiger partial charge in [0.1, 0.15) is 0 Å². The van der Waals surface area contributed by atoms with Crippen molar-refractivity contribution in [3.63, 3.8) is 0 Å². The van der Waals surface area contributed by atoms with Gasteiger partial charge in [-0.05, 0) is 19.9 Å². The van der Waals surface area contributed by atoms with Gasteiger partial charge >= 0.3 is 0 Å². The molecule has 1 fully saturated rings. The SMILES string of the molecule is CN(CCO)C1CCC[N]C1. The van der Waals surface area contributed by atoms with Gasteiger partial charge < -0.3 is 5.11 Å². The first-order chi connectivity index (χ1) is 5.34. The van der Waals surface area contributed by atoms with Crippen LogP contribution >= 0.6 is 0 Å². The fourth-order valence-electron chi connectivity index (χ4n) is 1.47. The lowest BCUT2D eigenvalue weighted by Crippen LogP contribution is -2.42. The van der Waals surface area contributed by atoms with Crippen molar-refractivity contribution in [2.45, 2.75) is 18.9 Å². The molecule has 1 aliphatic heterocycles. The molecule has 3 nitrogen and oxygen atoms in total. The Morgan fingerprint density at radius 3 is 3.00 bits per heavy atom. The fourth-order valence-corrected chi connectivity index (χ4v) is 1.47. The molecule has 1 unspecified atom stereocenters. The van der Waals surface area contributed by atoms with Gasteiger partial charge in [-0.25, -0.2) is 5.32 Å². The molecule has 1 saturated heterocycles. The van der Waals surface area contributed by atoms with E-state index in [0.717, 1.165) is 19.6 Å². The maximum Gasteiger partial charge on any atom is 0.0558 e. The van der Waals surface area contributed by atoms with Crippen molar-refractivity contribution in [3.05, 3.63) is 0 Å². The van der Waals surface area contributed by atoms with Crippen molar-refractivity contribution in [1.82, 2.24) is 10.2 Å². The third kappa shape index (κ3) is 2.77. The van der Waals surface area contributed by atoms with Crippen molar-refractivity contribution in [2.75, 3.05) is 33.3 Å². The highest BCUT2D eigenvalue weighted by molar-refractivity contribution is 4.75. The van der Waals surface area contributed by atoms with E-state index in [2.05, 4.69) is 17.3 Å². The van der Waals surface area contributed by atoms with E-state index in [9.17, 15) is 0 Å². The fraction of sp³-hybridized carbons (Fsp3) is 1.00. The first-order valence-electron chi connectivity index (χ1n) is 4.29. The number of piperidine rings is 1. The van der Waals surface area contributed by atoms with Crippen LogP contribution in [0.4, 0.5) is 0 Å². The Morgan fingerprint density at radius 1 is 1.64 bits per heavy atom. The van der Waals surface area contributed by atoms with Gasteiger partial charge in [0.25, 0.3) is 0 Å². The quantitative estimate of drug-likeness (QED) is 0.609. The Bertz CT molecular complexity index is 102. The topological polar surface area (TPSA) is 37.6 Å². The predicted molar refractivity (Wildman–Crippen MR) is 44.6 cm³/mol. The van der Waals surface area contributed by atoms with E-state index in [1.807, 2.05) is 0 Å². The van der Waals surface area contributed by atoms with E-state index in [1.54, 1.807) is 0 Å². The maximum atomic E-state index is 8.70. The molecule has 1 atom stereocenters. The molecule has 0 aliphatic carbocycles. The molecule has 0 bridgehead atoms. The number of rotatable bonds is 3. The van der Waals surface area contributed by atoms with E-state index in [1.165, 1.54) is 12.8 Å². The highest BCUT2D eigenvalue weighted by Crippen LogP contribution is 2.08. The van der Waals surface area contributed by atoms with Crippen molar-refractivity contribution in [3.8, 4) is 0 Å². The Balaban J connectivity index is 2.21. The molecule has 1 heterocycles. The molecule has 0 aromatic carbocycles. The number of hydrogen-bond acceptors (Lipinski definition) is 2. The summed E-state index contributed by atoms with van der Waals surface area (Å²) in [7, 11) is 2.06. The second-order valence-electron chi connectivity index (χ2n) is 3.13. The summed E-state index contributed by atoms with van der Waals surface area (Å²) in [5.74, 6) is 0. The van der Waals surface area contributed by atoms with Crippen LogP contribution in [0.25, 0.3) is 0 Å². The first kappa shape index (κ1) is 8.97. The van der Waals surface area contributed by atoms with Crippen molar-refractivity contribution < 1.29 is 5.11 Å². The number of aliphatic hydroxyl groups excluding tert-OH is 1. The van der Waals surface area contributed by atoms with Gasteiger partial charge in [-0.2, -0.15) is 0 Å². The summed E-state index contributed by atoms with van der Waals surface area (Å²) in [5.41, 5.74) is 0. The molecule has 3 heteroatoms. The van der Waals surface area contributed by atoms with E-state index in [-0.39, 0.29) is 6.61 Å². The number of hydrogen-bond donors (Lipinski definition) is 1. The van der Waals surface area contributed by atoms with Crippen LogP contribution in [0.1, 0.15) is 12.8 Å². The molecule has 0 aromatic heterocycles. The van der Waals surface area contributed by atoms with Crippen molar-refractivity contribution in [1.29, 1.82) is 0 Å². The number of nitrogens with zero attached hydrogens (tertiary/aromatic N) is 2. The van der Waals surface area contributed by atoms with E-state index in [4.69, 9.17) is 5.11 Å². The summed E-state index contributed by atoms with van der Waals surface area (Å²) < 4.78 is 0. The summed E-state index contributed by atoms with van der Waals surface area (Å²) in [5, 5.41) is 13.0. The summed E-state index contributed by atoms with van der Waals surface area (Å²) in [6.07, 6.45) is 2.44. The minimum absolute atomic E-state index is 0.257. The predicted octanol–water partition coefficient (Wildman–Crippen LogP) is -0.323. The van der Waals surface area contributed by atoms with Crippen LogP contribution in [-0.4, -0.2) is 49.3 Å². The summed E-state index contributed by atoms with van der Waals surface area (Å²) in [6, 6.07) is 0.580. The van der Waals surface area contributed by atoms with Crippen LogP contribution < -0.4 is 5.32 Å². The van der Waals surface area contributed by atoms with Crippen LogP contribution in [0.2, 0.25) is 0 Å². The molecular weight excluding hydrogens is 140 g/mol. The second-order valence-corrected chi connectivity index (χ2v) is 3.13. The van der Waals surface area contributed by atoms with Gasteiger partial charge in [0, 0.05) is 25.7 Å². The average Bonchev–Trinajstić information content (AvgIpc) is 2.07. The zero-order valence-corrected chi connectivity index (χ0v) is 7.16. The van der Waals surface area contributed by atoms with E-state index >= 15 is 0 Å². The van der Waals surface area contributed by atoms with Crippen LogP contribution in [0, 0.1) is 0 Å². The van der Waals surface area contributed by atoms with Crippen LogP contribution in [0.3, 0.4) is 0 Å². The van der Waals surface area contributed by atoms with E-state index < -0.39 is 0 Å². The van der Waals surface area contributed by atoms with Gasteiger partial charge in [-0.3, -0.25) is 4.90 Å². The van der Waals surface area contributed by atoms with Crippen molar-refractivity contribution in [2.24, 2.45) is 0 Å². The molecule has 0 amide bonds. The van der Waals surface area contributed by atoms with Gasteiger partial charge in [0.15, 0.2) is 0 Å². The summed E-state index contributed by atoms with van der Waals surface area (Å²) >= 11 is 0. The second kappa shape index (κ2) is 4.70. The lowest BCUT2D eigenvalue weighted by atomic mass is 10.1. The number of likely N-dealkylation sites (N-methyl/N-ethyl adjacent to an activating group) is 1. The minimum Gasteiger partial charge on any atom is -0.395 e. The third-order valence-electron chi connectivity index (χ3n) is 2.27. The van der Waals surface area contributed by atoms with Gasteiger partial charge in [-0.15, -0.1) is 0 Å². The zero-order valence-electron chi connectivity index (χ0n) is 7.16. The lowest BCUT2D eigenvalue weighted by molar-refractivity contribution is 0.158. The Hall–Kier alpha value is -0.120. The molecule has 11 heavy (non-hydrogen) atoms. The van der Waals surface area contributed by atoms with Gasteiger partial charge in [0.2, 0.25) is 0 Å². The molecular formula is C8H17N2O. The molecule has 1 N–H and O–H groups in total. The van der Waals surface area contributed by atoms with E-state index in [0.29, 0.717) is 6.04 Å². The van der Waals surface area contributed by atoms with Crippen molar-refractivity contribution >= 4 is 0 Å². The molecule has 65 valence electrons. The first-order valence-corrected chi connectivity index (χ1v) is 4.29. The molecule has 0 aromatic rings. The third-order valence-corrected chi connectivity index (χ3v) is 2.27. The maximum absolute atomic E-state index is 8.70. The molecule has 1 aliphatic rings. The normalized spacial score (nSPS) is 25.9. The van der Waals surface area contributed by atoms with Gasteiger partial charge in [-0.1, -0.05) is 0 Å². The highest BCUT2D eigenvalue weighted by Gasteiger charge is 2.17. The molecule has 1 radical (unpaired) electrons. The highest BCUT2D eigenvalue weighted by atomic mass is 16.3. The van der Waals surface area contributed by atoms with Crippen LogP contribution in [0.15, 0.2) is 0 Å². The molecule has 0 saturated carbocycles. The monoisotopic (exact) mass is 157 g/mol. The number of aliphatic hydroxyl groups is 1. The minimum atomic E-state index is 0.257. The Morgan fingerprint density at radius 2 is 2.45 bits per heavy atom. The smallest absolute Gasteiger partial charge is 0.0558 e. The standard InChI is InChI=1S/C8H17N2O/c1-10(5-6-11)8-3-2-4-9-7-8/h8,11H,2-7H2,1H3. The zero-order chi connectivity index (χ0) is 8.10. The largest absolute Gasteiger partial charge is 0.395 e. The van der Waals surface area contributed by atoms with Gasteiger partial charge in [0.05, 0.1) is 6.61 Å². The van der Waals surface area contributed by atoms with Crippen LogP contribution in [0.5, 0.6) is 0 Å². The molecule has 0 spiro atoms. The Kier molecular flexibility index (Phi) is 3.83. The summed E-state index contributed by atoms with van der Waals surface area (Å²) in [6.45, 7) is 3.02. The average molecular weight is 157 g/mol. The molecule has 1 rings (SSSR count). The Labute approximate surface area is 68.4 Å². The van der Waals surface area contributed by atoms with Crippen LogP contribution in [-0.2, 0) is 0 Å².